The van der Waals surface area contributed by atoms with Crippen LogP contribution in [0.25, 0.3) is 0 Å². The van der Waals surface area contributed by atoms with E-state index in [-0.39, 0.29) is 0 Å². The lowest BCUT2D eigenvalue weighted by Crippen LogP contribution is -2.32. The van der Waals surface area contributed by atoms with Gasteiger partial charge in [-0.1, -0.05) is 0 Å². The van der Waals surface area contributed by atoms with Crippen molar-refractivity contribution in [3.63, 3.8) is 0 Å². The maximum absolute atomic E-state index is 5.55. The summed E-state index contributed by atoms with van der Waals surface area (Å²) >= 11 is 5.55. The van der Waals surface area contributed by atoms with Crippen molar-refractivity contribution < 1.29 is 4.43 Å². The third kappa shape index (κ3) is 4.94. The second-order valence-electron chi connectivity index (χ2n) is 2.88. The normalized spacial score (nSPS) is 12.7. The maximum atomic E-state index is 5.55. The smallest absolute Gasteiger partial charge is 0.205 e. The van der Waals surface area contributed by atoms with Crippen LogP contribution in [0.4, 0.5) is 0 Å². The quantitative estimate of drug-likeness (QED) is 0.585. The molecule has 0 amide bonds. The van der Waals surface area contributed by atoms with Crippen molar-refractivity contribution in [1.29, 1.82) is 0 Å². The van der Waals surface area contributed by atoms with E-state index < -0.39 is 8.32 Å². The third-order valence-corrected chi connectivity index (χ3v) is 3.98. The minimum Gasteiger partial charge on any atom is -0.414 e. The fourth-order valence-corrected chi connectivity index (χ4v) is 2.05. The summed E-state index contributed by atoms with van der Waals surface area (Å²) in [6.07, 6.45) is 0.293. The molecule has 0 aromatic rings. The third-order valence-electron chi connectivity index (χ3n) is 0.802. The number of hydrogen-bond donors (Lipinski definition) is 0. The van der Waals surface area contributed by atoms with Gasteiger partial charge in [-0.3, -0.25) is 0 Å². The summed E-state index contributed by atoms with van der Waals surface area (Å²) in [7, 11) is -1.60. The Kier molecular flexibility index (Phi) is 3.78. The summed E-state index contributed by atoms with van der Waals surface area (Å²) in [6.45, 7) is 8.18. The fourth-order valence-electron chi connectivity index (χ4n) is 0.633. The van der Waals surface area contributed by atoms with Crippen molar-refractivity contribution in [2.75, 3.05) is 0 Å². The van der Waals surface area contributed by atoms with Gasteiger partial charge in [0.1, 0.15) is 0 Å². The van der Waals surface area contributed by atoms with Gasteiger partial charge in [-0.2, -0.15) is 0 Å². The van der Waals surface area contributed by atoms with Crippen LogP contribution in [0, 0.1) is 5.50 Å². The van der Waals surface area contributed by atoms with E-state index in [1.54, 1.807) is 5.50 Å². The van der Waals surface area contributed by atoms with Crippen molar-refractivity contribution in [3.8, 4) is 0 Å². The molecule has 0 spiro atoms. The predicted molar refractivity (Wildman–Crippen MR) is 43.9 cm³/mol. The molecule has 0 aliphatic heterocycles. The zero-order valence-corrected chi connectivity index (χ0v) is 8.20. The average molecular weight is 166 g/mol. The van der Waals surface area contributed by atoms with Crippen LogP contribution in [-0.4, -0.2) is 14.4 Å². The molecule has 55 valence electrons. The topological polar surface area (TPSA) is 9.23 Å². The van der Waals surface area contributed by atoms with E-state index in [0.717, 1.165) is 0 Å². The summed E-state index contributed by atoms with van der Waals surface area (Å²) in [5, 5.41) is 0. The number of hydrogen-bond acceptors (Lipinski definition) is 1. The van der Waals surface area contributed by atoms with Crippen molar-refractivity contribution in [2.45, 2.75) is 33.0 Å². The molecule has 1 nitrogen and oxygen atoms in total. The number of rotatable bonds is 3. The largest absolute Gasteiger partial charge is 0.414 e. The monoisotopic (exact) mass is 165 g/mol. The SMILES string of the molecule is CC(C)O[Si](C)(C)[CH]Cl. The maximum Gasteiger partial charge on any atom is 0.205 e. The lowest BCUT2D eigenvalue weighted by molar-refractivity contribution is 0.237. The van der Waals surface area contributed by atoms with Gasteiger partial charge < -0.3 is 4.43 Å². The molecule has 0 bridgehead atoms. The van der Waals surface area contributed by atoms with Gasteiger partial charge in [0.25, 0.3) is 0 Å². The summed E-state index contributed by atoms with van der Waals surface area (Å²) in [4.78, 5) is 0. The molecule has 0 atom stereocenters. The molecule has 0 rings (SSSR count). The Morgan fingerprint density at radius 1 is 1.44 bits per heavy atom. The van der Waals surface area contributed by atoms with Gasteiger partial charge in [-0.25, -0.2) is 0 Å². The second-order valence-corrected chi connectivity index (χ2v) is 7.19. The van der Waals surface area contributed by atoms with Gasteiger partial charge in [0.15, 0.2) is 0 Å². The zero-order valence-electron chi connectivity index (χ0n) is 6.44. The van der Waals surface area contributed by atoms with Crippen LogP contribution in [0.5, 0.6) is 0 Å². The van der Waals surface area contributed by atoms with E-state index >= 15 is 0 Å². The van der Waals surface area contributed by atoms with Gasteiger partial charge in [-0.05, 0) is 26.9 Å². The minimum atomic E-state index is -1.60. The van der Waals surface area contributed by atoms with E-state index in [2.05, 4.69) is 13.1 Å². The van der Waals surface area contributed by atoms with E-state index in [1.165, 1.54) is 0 Å². The first-order chi connectivity index (χ1) is 3.98. The Bertz CT molecular complexity index is 83.1. The molecule has 0 N–H and O–H groups in total. The molecule has 0 saturated carbocycles. The Morgan fingerprint density at radius 3 is 2.00 bits per heavy atom. The molecule has 0 aromatic carbocycles. The summed E-state index contributed by atoms with van der Waals surface area (Å²) < 4.78 is 5.54. The van der Waals surface area contributed by atoms with E-state index in [9.17, 15) is 0 Å². The summed E-state index contributed by atoms with van der Waals surface area (Å²) in [5.41, 5.74) is 1.67. The van der Waals surface area contributed by atoms with Gasteiger partial charge >= 0.3 is 0 Å². The highest BCUT2D eigenvalue weighted by Gasteiger charge is 2.22. The second kappa shape index (κ2) is 3.59. The van der Waals surface area contributed by atoms with Crippen LogP contribution < -0.4 is 0 Å². The van der Waals surface area contributed by atoms with Crippen LogP contribution >= 0.6 is 11.6 Å². The first-order valence-electron chi connectivity index (χ1n) is 3.10. The summed E-state index contributed by atoms with van der Waals surface area (Å²) in [6, 6.07) is 0. The molecular weight excluding hydrogens is 152 g/mol. The molecule has 0 aliphatic rings. The van der Waals surface area contributed by atoms with Gasteiger partial charge in [-0.15, -0.1) is 11.6 Å². The lowest BCUT2D eigenvalue weighted by atomic mass is 10.5. The van der Waals surface area contributed by atoms with Gasteiger partial charge in [0.05, 0.1) is 5.50 Å². The van der Waals surface area contributed by atoms with Crippen molar-refractivity contribution in [3.05, 3.63) is 5.50 Å². The van der Waals surface area contributed by atoms with E-state index in [0.29, 0.717) is 6.10 Å². The molecule has 9 heavy (non-hydrogen) atoms. The molecular formula is C6H14ClOSi. The van der Waals surface area contributed by atoms with Gasteiger partial charge in [0, 0.05) is 6.10 Å². The average Bonchev–Trinajstić information content (AvgIpc) is 1.63. The van der Waals surface area contributed by atoms with E-state index in [4.69, 9.17) is 16.0 Å². The molecule has 0 heterocycles. The molecule has 0 fully saturated rings. The minimum absolute atomic E-state index is 0.293. The van der Waals surface area contributed by atoms with Crippen LogP contribution in [0.15, 0.2) is 0 Å². The first kappa shape index (κ1) is 9.47. The lowest BCUT2D eigenvalue weighted by Gasteiger charge is -2.22. The van der Waals surface area contributed by atoms with Crippen molar-refractivity contribution in [2.24, 2.45) is 0 Å². The number of halogens is 1. The highest BCUT2D eigenvalue weighted by molar-refractivity contribution is 6.82. The first-order valence-corrected chi connectivity index (χ1v) is 6.52. The molecule has 0 aromatic heterocycles. The van der Waals surface area contributed by atoms with Gasteiger partial charge in [0.2, 0.25) is 8.32 Å². The highest BCUT2D eigenvalue weighted by Crippen LogP contribution is 2.12. The Hall–Kier alpha value is 0.467. The van der Waals surface area contributed by atoms with Crippen LogP contribution in [0.2, 0.25) is 13.1 Å². The van der Waals surface area contributed by atoms with Crippen LogP contribution in [-0.2, 0) is 4.43 Å². The van der Waals surface area contributed by atoms with Crippen molar-refractivity contribution in [1.82, 2.24) is 0 Å². The molecule has 1 radical (unpaired) electrons. The van der Waals surface area contributed by atoms with Crippen molar-refractivity contribution >= 4 is 19.9 Å². The molecule has 0 saturated heterocycles. The zero-order chi connectivity index (χ0) is 7.49. The fraction of sp³-hybridized carbons (Fsp3) is 0.833. The standard InChI is InChI=1S/C6H14ClOSi/c1-6(2)8-9(3,4)5-7/h5-6H,1-4H3. The predicted octanol–water partition coefficient (Wildman–Crippen LogP) is 2.56. The molecule has 0 unspecified atom stereocenters. The molecule has 0 aliphatic carbocycles. The Morgan fingerprint density at radius 2 is 1.89 bits per heavy atom. The summed E-state index contributed by atoms with van der Waals surface area (Å²) in [5.74, 6) is 0. The van der Waals surface area contributed by atoms with E-state index in [1.807, 2.05) is 13.8 Å². The Balaban J connectivity index is 3.58. The Labute approximate surface area is 63.5 Å². The highest BCUT2D eigenvalue weighted by atomic mass is 35.5. The van der Waals surface area contributed by atoms with Crippen LogP contribution in [0.1, 0.15) is 13.8 Å². The molecule has 3 heteroatoms. The van der Waals surface area contributed by atoms with Crippen LogP contribution in [0.3, 0.4) is 0 Å².